The van der Waals surface area contributed by atoms with Gasteiger partial charge in [-0.25, -0.2) is 9.50 Å². The van der Waals surface area contributed by atoms with Crippen LogP contribution in [-0.2, 0) is 6.18 Å². The number of fused-ring (bicyclic) bond motifs is 1. The Morgan fingerprint density at radius 2 is 1.85 bits per heavy atom. The van der Waals surface area contributed by atoms with Crippen molar-refractivity contribution in [2.75, 3.05) is 0 Å². The Hall–Kier alpha value is -2.94. The van der Waals surface area contributed by atoms with E-state index >= 15 is 0 Å². The van der Waals surface area contributed by atoms with Crippen LogP contribution in [0.5, 0.6) is 0 Å². The molecule has 1 aromatic carbocycles. The second kappa shape index (κ2) is 5.80. The molecular weight excluding hydrogens is 371 g/mol. The smallest absolute Gasteiger partial charge is 0.332 e. The lowest BCUT2D eigenvalue weighted by Crippen LogP contribution is -2.13. The summed E-state index contributed by atoms with van der Waals surface area (Å²) in [6, 6.07) is 9.86. The van der Waals surface area contributed by atoms with Crippen LogP contribution in [0.25, 0.3) is 28.6 Å². The van der Waals surface area contributed by atoms with Gasteiger partial charge >= 0.3 is 6.18 Å². The first kappa shape index (κ1) is 16.5. The van der Waals surface area contributed by atoms with E-state index in [9.17, 15) is 13.2 Å². The van der Waals surface area contributed by atoms with Crippen molar-refractivity contribution in [3.63, 3.8) is 0 Å². The van der Waals surface area contributed by atoms with Crippen molar-refractivity contribution in [2.24, 2.45) is 0 Å². The van der Waals surface area contributed by atoms with Crippen LogP contribution < -0.4 is 0 Å². The lowest BCUT2D eigenvalue weighted by Gasteiger charge is -2.09. The zero-order chi connectivity index (χ0) is 18.5. The Kier molecular flexibility index (Phi) is 3.69. The fourth-order valence-electron chi connectivity index (χ4n) is 2.48. The molecule has 0 bridgehead atoms. The van der Waals surface area contributed by atoms with E-state index in [-0.39, 0.29) is 33.8 Å². The lowest BCUT2D eigenvalue weighted by atomic mass is 10.2. The zero-order valence-corrected chi connectivity index (χ0v) is 13.9. The summed E-state index contributed by atoms with van der Waals surface area (Å²) in [5, 5.41) is 7.63. The Balaban J connectivity index is 1.88. The maximum atomic E-state index is 13.3. The molecule has 0 saturated heterocycles. The minimum Gasteiger partial charge on any atom is -0.332 e. The predicted octanol–water partition coefficient (Wildman–Crippen LogP) is 4.43. The first-order chi connectivity index (χ1) is 12.3. The number of benzene rings is 1. The third-order valence-corrected chi connectivity index (χ3v) is 3.96. The highest BCUT2D eigenvalue weighted by Crippen LogP contribution is 2.35. The molecular formula is C16H9ClF3N5O. The van der Waals surface area contributed by atoms with E-state index in [4.69, 9.17) is 16.1 Å². The molecule has 26 heavy (non-hydrogen) atoms. The van der Waals surface area contributed by atoms with Crippen LogP contribution in [0.3, 0.4) is 0 Å². The Morgan fingerprint density at radius 3 is 2.54 bits per heavy atom. The zero-order valence-electron chi connectivity index (χ0n) is 13.1. The van der Waals surface area contributed by atoms with Gasteiger partial charge in [-0.2, -0.15) is 23.3 Å². The van der Waals surface area contributed by atoms with Crippen molar-refractivity contribution in [2.45, 2.75) is 13.1 Å². The Morgan fingerprint density at radius 1 is 1.12 bits per heavy atom. The average molecular weight is 380 g/mol. The summed E-state index contributed by atoms with van der Waals surface area (Å²) in [7, 11) is 0. The maximum absolute atomic E-state index is 13.3. The van der Waals surface area contributed by atoms with Gasteiger partial charge in [-0.05, 0) is 13.0 Å². The highest BCUT2D eigenvalue weighted by Gasteiger charge is 2.36. The fraction of sp³-hybridized carbons (Fsp3) is 0.125. The van der Waals surface area contributed by atoms with Gasteiger partial charge in [-0.1, -0.05) is 47.1 Å². The summed E-state index contributed by atoms with van der Waals surface area (Å²) < 4.78 is 45.6. The van der Waals surface area contributed by atoms with Crippen LogP contribution in [0.15, 0.2) is 40.9 Å². The molecule has 10 heteroatoms. The van der Waals surface area contributed by atoms with Crippen molar-refractivity contribution in [1.82, 2.24) is 24.7 Å². The minimum atomic E-state index is -4.62. The van der Waals surface area contributed by atoms with Gasteiger partial charge in [0.1, 0.15) is 10.7 Å². The van der Waals surface area contributed by atoms with Crippen molar-refractivity contribution >= 4 is 17.2 Å². The number of aryl methyl sites for hydroxylation is 1. The molecule has 0 aliphatic carbocycles. The highest BCUT2D eigenvalue weighted by molar-refractivity contribution is 6.35. The van der Waals surface area contributed by atoms with Gasteiger partial charge in [-0.15, -0.1) is 0 Å². The van der Waals surface area contributed by atoms with Gasteiger partial charge in [0.15, 0.2) is 11.3 Å². The van der Waals surface area contributed by atoms with Crippen molar-refractivity contribution in [3.05, 3.63) is 52.8 Å². The molecule has 4 rings (SSSR count). The third kappa shape index (κ3) is 2.70. The molecule has 4 aromatic rings. The van der Waals surface area contributed by atoms with Gasteiger partial charge < -0.3 is 4.52 Å². The monoisotopic (exact) mass is 379 g/mol. The van der Waals surface area contributed by atoms with E-state index in [1.165, 1.54) is 6.92 Å². The van der Waals surface area contributed by atoms with Gasteiger partial charge in [0.25, 0.3) is 5.89 Å². The van der Waals surface area contributed by atoms with Gasteiger partial charge in [0.05, 0.1) is 0 Å². The van der Waals surface area contributed by atoms with Crippen LogP contribution in [-0.4, -0.2) is 24.7 Å². The van der Waals surface area contributed by atoms with E-state index in [1.807, 2.05) is 6.07 Å². The molecule has 0 aliphatic heterocycles. The number of nitrogens with zero attached hydrogens (tertiary/aromatic N) is 5. The van der Waals surface area contributed by atoms with Gasteiger partial charge in [-0.3, -0.25) is 0 Å². The fourth-order valence-corrected chi connectivity index (χ4v) is 2.72. The van der Waals surface area contributed by atoms with Gasteiger partial charge in [0.2, 0.25) is 5.82 Å². The van der Waals surface area contributed by atoms with E-state index in [1.54, 1.807) is 24.3 Å². The van der Waals surface area contributed by atoms with Crippen molar-refractivity contribution in [1.29, 1.82) is 0 Å². The number of halogens is 4. The summed E-state index contributed by atoms with van der Waals surface area (Å²) >= 11 is 6.20. The quantitative estimate of drug-likeness (QED) is 0.515. The van der Waals surface area contributed by atoms with Crippen molar-refractivity contribution in [3.8, 4) is 23.0 Å². The molecule has 0 aliphatic rings. The van der Waals surface area contributed by atoms with Crippen LogP contribution in [0.4, 0.5) is 13.2 Å². The van der Waals surface area contributed by atoms with Crippen molar-refractivity contribution < 1.29 is 17.7 Å². The maximum Gasteiger partial charge on any atom is 0.433 e. The van der Waals surface area contributed by atoms with E-state index in [0.717, 1.165) is 6.07 Å². The minimum absolute atomic E-state index is 0.0649. The van der Waals surface area contributed by atoms with Gasteiger partial charge in [0, 0.05) is 11.3 Å². The summed E-state index contributed by atoms with van der Waals surface area (Å²) in [5.74, 6) is 0.180. The number of hydrogen-bond acceptors (Lipinski definition) is 5. The molecule has 0 spiro atoms. The Bertz CT molecular complexity index is 1100. The number of hydrogen-bond donors (Lipinski definition) is 0. The van der Waals surface area contributed by atoms with E-state index in [0.29, 0.717) is 10.1 Å². The number of rotatable bonds is 2. The predicted molar refractivity (Wildman–Crippen MR) is 86.5 cm³/mol. The molecule has 3 aromatic heterocycles. The van der Waals surface area contributed by atoms with Crippen LogP contribution >= 0.6 is 11.6 Å². The molecule has 6 nitrogen and oxygen atoms in total. The molecule has 0 fully saturated rings. The lowest BCUT2D eigenvalue weighted by molar-refractivity contribution is -0.142. The summed E-state index contributed by atoms with van der Waals surface area (Å²) in [6.45, 7) is 1.44. The summed E-state index contributed by atoms with van der Waals surface area (Å²) in [6.07, 6.45) is -4.62. The molecule has 0 N–H and O–H groups in total. The molecule has 0 atom stereocenters. The molecule has 0 amide bonds. The van der Waals surface area contributed by atoms with E-state index in [2.05, 4.69) is 20.2 Å². The summed E-state index contributed by atoms with van der Waals surface area (Å²) in [5.41, 5.74) is -0.338. The van der Waals surface area contributed by atoms with Crippen LogP contribution in [0.1, 0.15) is 11.4 Å². The molecule has 0 saturated carbocycles. The van der Waals surface area contributed by atoms with Crippen LogP contribution in [0.2, 0.25) is 5.02 Å². The summed E-state index contributed by atoms with van der Waals surface area (Å²) in [4.78, 5) is 8.21. The number of alkyl halides is 3. The largest absolute Gasteiger partial charge is 0.433 e. The Labute approximate surface area is 149 Å². The molecule has 0 unspecified atom stereocenters. The standard InChI is InChI=1S/C16H9ClF3N5O/c1-8-7-10(16(18,19)20)25-14(21-8)11(17)12(23-25)15-22-13(24-26-15)9-5-3-2-4-6-9/h2-7H,1H3. The van der Waals surface area contributed by atoms with Crippen LogP contribution in [0, 0.1) is 6.92 Å². The second-order valence-corrected chi connectivity index (χ2v) is 5.85. The molecule has 3 heterocycles. The number of aromatic nitrogens is 5. The molecule has 132 valence electrons. The molecule has 0 radical (unpaired) electrons. The second-order valence-electron chi connectivity index (χ2n) is 5.47. The SMILES string of the molecule is Cc1cc(C(F)(F)F)n2nc(-c3nc(-c4ccccc4)no3)c(Cl)c2n1. The van der Waals surface area contributed by atoms with E-state index < -0.39 is 11.9 Å². The average Bonchev–Trinajstić information content (AvgIpc) is 3.20. The first-order valence-corrected chi connectivity index (χ1v) is 7.75. The normalized spacial score (nSPS) is 12.0. The first-order valence-electron chi connectivity index (χ1n) is 7.37. The third-order valence-electron chi connectivity index (χ3n) is 3.61. The highest BCUT2D eigenvalue weighted by atomic mass is 35.5. The topological polar surface area (TPSA) is 69.1 Å².